The van der Waals surface area contributed by atoms with Crippen LogP contribution in [0.25, 0.3) is 0 Å². The Morgan fingerprint density at radius 1 is 1.58 bits per heavy atom. The number of benzene rings is 1. The standard InChI is InChI=1S/C12H14ClNO5/c1-12(2)18-7-9(19-12)6-17-11-5-8(14(15)16)3-4-10(11)13/h3-5,9H,6-7H2,1-2H3. The lowest BCUT2D eigenvalue weighted by Crippen LogP contribution is -2.25. The lowest BCUT2D eigenvalue weighted by atomic mass is 10.3. The molecule has 0 saturated carbocycles. The first-order valence-electron chi connectivity index (χ1n) is 5.76. The predicted octanol–water partition coefficient (Wildman–Crippen LogP) is 2.78. The number of rotatable bonds is 4. The van der Waals surface area contributed by atoms with Crippen molar-refractivity contribution in [2.45, 2.75) is 25.7 Å². The lowest BCUT2D eigenvalue weighted by Gasteiger charge is -2.17. The maximum atomic E-state index is 10.7. The minimum atomic E-state index is -0.624. The van der Waals surface area contributed by atoms with Gasteiger partial charge in [-0.3, -0.25) is 10.1 Å². The van der Waals surface area contributed by atoms with Crippen LogP contribution in [0.4, 0.5) is 5.69 Å². The van der Waals surface area contributed by atoms with Gasteiger partial charge in [0.1, 0.15) is 18.5 Å². The third kappa shape index (κ3) is 3.56. The summed E-state index contributed by atoms with van der Waals surface area (Å²) in [6.07, 6.45) is -0.217. The Morgan fingerprint density at radius 3 is 2.89 bits per heavy atom. The van der Waals surface area contributed by atoms with Crippen LogP contribution < -0.4 is 4.74 Å². The highest BCUT2D eigenvalue weighted by Crippen LogP contribution is 2.30. The van der Waals surface area contributed by atoms with Crippen molar-refractivity contribution in [3.63, 3.8) is 0 Å². The van der Waals surface area contributed by atoms with Crippen molar-refractivity contribution in [3.8, 4) is 5.75 Å². The Kier molecular flexibility index (Phi) is 3.93. The van der Waals surface area contributed by atoms with Gasteiger partial charge >= 0.3 is 0 Å². The molecule has 1 saturated heterocycles. The van der Waals surface area contributed by atoms with Gasteiger partial charge in [0.2, 0.25) is 0 Å². The molecule has 19 heavy (non-hydrogen) atoms. The number of hydrogen-bond donors (Lipinski definition) is 0. The van der Waals surface area contributed by atoms with Gasteiger partial charge in [-0.2, -0.15) is 0 Å². The van der Waals surface area contributed by atoms with Gasteiger partial charge in [0, 0.05) is 6.07 Å². The molecule has 1 aliphatic heterocycles. The Hall–Kier alpha value is -1.37. The van der Waals surface area contributed by atoms with E-state index in [1.165, 1.54) is 18.2 Å². The molecule has 0 radical (unpaired) electrons. The van der Waals surface area contributed by atoms with Crippen molar-refractivity contribution in [1.82, 2.24) is 0 Å². The van der Waals surface area contributed by atoms with Crippen LogP contribution in [0.2, 0.25) is 5.02 Å². The maximum Gasteiger partial charge on any atom is 0.273 e. The maximum absolute atomic E-state index is 10.7. The summed E-state index contributed by atoms with van der Waals surface area (Å²) in [6.45, 7) is 4.27. The van der Waals surface area contributed by atoms with Crippen LogP contribution in [0, 0.1) is 10.1 Å². The quantitative estimate of drug-likeness (QED) is 0.629. The van der Waals surface area contributed by atoms with Crippen molar-refractivity contribution in [3.05, 3.63) is 33.3 Å². The van der Waals surface area contributed by atoms with E-state index >= 15 is 0 Å². The van der Waals surface area contributed by atoms with Crippen molar-refractivity contribution < 1.29 is 19.1 Å². The largest absolute Gasteiger partial charge is 0.489 e. The number of hydrogen-bond acceptors (Lipinski definition) is 5. The van der Waals surface area contributed by atoms with Gasteiger partial charge in [-0.15, -0.1) is 0 Å². The second-order valence-electron chi connectivity index (χ2n) is 4.63. The van der Waals surface area contributed by atoms with Crippen LogP contribution >= 0.6 is 11.6 Å². The second-order valence-corrected chi connectivity index (χ2v) is 5.04. The minimum absolute atomic E-state index is 0.0664. The van der Waals surface area contributed by atoms with Crippen molar-refractivity contribution >= 4 is 17.3 Å². The van der Waals surface area contributed by atoms with Crippen molar-refractivity contribution in [1.29, 1.82) is 0 Å². The fourth-order valence-electron chi connectivity index (χ4n) is 1.74. The van der Waals surface area contributed by atoms with E-state index in [4.69, 9.17) is 25.8 Å². The number of nitro groups is 1. The summed E-state index contributed by atoms with van der Waals surface area (Å²) in [5, 5.41) is 11.0. The summed E-state index contributed by atoms with van der Waals surface area (Å²) in [7, 11) is 0. The Labute approximate surface area is 115 Å². The molecule has 0 N–H and O–H groups in total. The summed E-state index contributed by atoms with van der Waals surface area (Å²) in [5.74, 6) is -0.357. The van der Waals surface area contributed by atoms with E-state index in [0.717, 1.165) is 0 Å². The summed E-state index contributed by atoms with van der Waals surface area (Å²) in [6, 6.07) is 4.06. The molecule has 1 aromatic rings. The Bertz CT molecular complexity index is 491. The van der Waals surface area contributed by atoms with Crippen LogP contribution in [0.15, 0.2) is 18.2 Å². The molecule has 1 fully saturated rings. The highest BCUT2D eigenvalue weighted by molar-refractivity contribution is 6.32. The molecule has 0 spiro atoms. The molecule has 0 aromatic heterocycles. The molecule has 1 aliphatic rings. The van der Waals surface area contributed by atoms with E-state index in [-0.39, 0.29) is 24.1 Å². The van der Waals surface area contributed by atoms with E-state index < -0.39 is 10.7 Å². The monoisotopic (exact) mass is 287 g/mol. The minimum Gasteiger partial charge on any atom is -0.489 e. The first kappa shape index (κ1) is 14.0. The second kappa shape index (κ2) is 5.32. The van der Waals surface area contributed by atoms with Gasteiger partial charge in [-0.1, -0.05) is 11.6 Å². The third-order valence-electron chi connectivity index (χ3n) is 2.62. The summed E-state index contributed by atoms with van der Waals surface area (Å²) < 4.78 is 16.4. The normalized spacial score (nSPS) is 21.3. The van der Waals surface area contributed by atoms with Crippen LogP contribution in [0.5, 0.6) is 5.75 Å². The van der Waals surface area contributed by atoms with Crippen molar-refractivity contribution in [2.24, 2.45) is 0 Å². The lowest BCUT2D eigenvalue weighted by molar-refractivity contribution is -0.384. The molecular formula is C12H14ClNO5. The predicted molar refractivity (Wildman–Crippen MR) is 68.5 cm³/mol. The fraction of sp³-hybridized carbons (Fsp3) is 0.500. The summed E-state index contributed by atoms with van der Waals surface area (Å²) in [4.78, 5) is 10.2. The molecule has 0 aliphatic carbocycles. The Balaban J connectivity index is 2.00. The van der Waals surface area contributed by atoms with Crippen LogP contribution in [-0.2, 0) is 9.47 Å². The average molecular weight is 288 g/mol. The average Bonchev–Trinajstić information content (AvgIpc) is 2.67. The molecule has 6 nitrogen and oxygen atoms in total. The molecule has 1 heterocycles. The van der Waals surface area contributed by atoms with E-state index in [1.807, 2.05) is 13.8 Å². The molecule has 0 amide bonds. The molecule has 104 valence electrons. The van der Waals surface area contributed by atoms with Gasteiger partial charge in [-0.05, 0) is 19.9 Å². The Morgan fingerprint density at radius 2 is 2.32 bits per heavy atom. The zero-order valence-electron chi connectivity index (χ0n) is 10.6. The zero-order chi connectivity index (χ0) is 14.0. The first-order valence-corrected chi connectivity index (χ1v) is 6.14. The molecule has 1 aromatic carbocycles. The smallest absolute Gasteiger partial charge is 0.273 e. The van der Waals surface area contributed by atoms with E-state index in [1.54, 1.807) is 0 Å². The topological polar surface area (TPSA) is 70.8 Å². The van der Waals surface area contributed by atoms with Crippen LogP contribution in [0.1, 0.15) is 13.8 Å². The molecule has 7 heteroatoms. The van der Waals surface area contributed by atoms with Gasteiger partial charge in [0.05, 0.1) is 22.6 Å². The number of ether oxygens (including phenoxy) is 3. The number of non-ortho nitro benzene ring substituents is 1. The van der Waals surface area contributed by atoms with E-state index in [9.17, 15) is 10.1 Å². The zero-order valence-corrected chi connectivity index (χ0v) is 11.3. The highest BCUT2D eigenvalue weighted by Gasteiger charge is 2.33. The van der Waals surface area contributed by atoms with Crippen molar-refractivity contribution in [2.75, 3.05) is 13.2 Å². The van der Waals surface area contributed by atoms with Gasteiger partial charge in [0.15, 0.2) is 5.79 Å². The number of nitro benzene ring substituents is 1. The van der Waals surface area contributed by atoms with Gasteiger partial charge in [-0.25, -0.2) is 0 Å². The molecule has 0 bridgehead atoms. The van der Waals surface area contributed by atoms with E-state index in [2.05, 4.69) is 0 Å². The molecule has 1 unspecified atom stereocenters. The molecular weight excluding hydrogens is 274 g/mol. The molecule has 1 atom stereocenters. The number of halogens is 1. The van der Waals surface area contributed by atoms with Gasteiger partial charge < -0.3 is 14.2 Å². The summed E-state index contributed by atoms with van der Waals surface area (Å²) in [5.41, 5.74) is -0.0664. The van der Waals surface area contributed by atoms with E-state index in [0.29, 0.717) is 11.6 Å². The fourth-order valence-corrected chi connectivity index (χ4v) is 1.92. The third-order valence-corrected chi connectivity index (χ3v) is 2.93. The van der Waals surface area contributed by atoms with Crippen LogP contribution in [0.3, 0.4) is 0 Å². The molecule has 2 rings (SSSR count). The summed E-state index contributed by atoms with van der Waals surface area (Å²) >= 11 is 5.92. The number of nitrogens with zero attached hydrogens (tertiary/aromatic N) is 1. The SMILES string of the molecule is CC1(C)OCC(COc2cc([N+](=O)[O-])ccc2Cl)O1. The van der Waals surface area contributed by atoms with Crippen LogP contribution in [-0.4, -0.2) is 30.0 Å². The first-order chi connectivity index (χ1) is 8.87. The highest BCUT2D eigenvalue weighted by atomic mass is 35.5. The van der Waals surface area contributed by atoms with Gasteiger partial charge in [0.25, 0.3) is 5.69 Å².